The fourth-order valence-electron chi connectivity index (χ4n) is 2.13. The lowest BCUT2D eigenvalue weighted by Crippen LogP contribution is -2.31. The maximum atomic E-state index is 12.0. The minimum atomic E-state index is -3.35. The summed E-state index contributed by atoms with van der Waals surface area (Å²) in [6, 6.07) is 13.8. The molecular weight excluding hydrogens is 408 g/mol. The van der Waals surface area contributed by atoms with Gasteiger partial charge in [-0.2, -0.15) is 0 Å². The van der Waals surface area contributed by atoms with Gasteiger partial charge in [0, 0.05) is 10.2 Å². The Hall–Kier alpha value is -2.06. The highest BCUT2D eigenvalue weighted by Gasteiger charge is 2.11. The molecule has 8 heteroatoms. The van der Waals surface area contributed by atoms with Crippen LogP contribution in [0.2, 0.25) is 0 Å². The van der Waals surface area contributed by atoms with Gasteiger partial charge in [0.2, 0.25) is 10.0 Å². The standard InChI is InChI=1S/C17H19BrN2O4S/c1-12(13-4-3-5-15(10-13)20-25(2,22)23)19-17(21)11-24-16-8-6-14(18)7-9-16/h3-10,12,20H,11H2,1-2H3,(H,19,21)/t12-/m0/s1. The fourth-order valence-corrected chi connectivity index (χ4v) is 2.95. The summed E-state index contributed by atoms with van der Waals surface area (Å²) in [4.78, 5) is 12.0. The van der Waals surface area contributed by atoms with Gasteiger partial charge in [0.15, 0.2) is 6.61 Å². The van der Waals surface area contributed by atoms with E-state index >= 15 is 0 Å². The highest BCUT2D eigenvalue weighted by molar-refractivity contribution is 9.10. The normalized spacial score (nSPS) is 12.3. The zero-order valence-electron chi connectivity index (χ0n) is 13.8. The number of amides is 1. The van der Waals surface area contributed by atoms with E-state index in [2.05, 4.69) is 26.0 Å². The quantitative estimate of drug-likeness (QED) is 0.712. The van der Waals surface area contributed by atoms with Gasteiger partial charge in [-0.25, -0.2) is 8.42 Å². The molecular formula is C17H19BrN2O4S. The zero-order valence-corrected chi connectivity index (χ0v) is 16.2. The summed E-state index contributed by atoms with van der Waals surface area (Å²) in [5, 5.41) is 2.82. The van der Waals surface area contributed by atoms with Gasteiger partial charge < -0.3 is 10.1 Å². The van der Waals surface area contributed by atoms with Gasteiger partial charge in [-0.15, -0.1) is 0 Å². The van der Waals surface area contributed by atoms with Crippen molar-refractivity contribution >= 4 is 37.5 Å². The third-order valence-corrected chi connectivity index (χ3v) is 4.39. The number of anilines is 1. The van der Waals surface area contributed by atoms with Crippen LogP contribution in [0.5, 0.6) is 5.75 Å². The minimum absolute atomic E-state index is 0.104. The largest absolute Gasteiger partial charge is 0.484 e. The Morgan fingerprint density at radius 1 is 1.20 bits per heavy atom. The Labute approximate surface area is 155 Å². The molecule has 2 aromatic rings. The fraction of sp³-hybridized carbons (Fsp3) is 0.235. The van der Waals surface area contributed by atoms with E-state index in [0.717, 1.165) is 16.3 Å². The molecule has 0 spiro atoms. The second-order valence-corrected chi connectivity index (χ2v) is 8.20. The van der Waals surface area contributed by atoms with Crippen LogP contribution < -0.4 is 14.8 Å². The summed E-state index contributed by atoms with van der Waals surface area (Å²) < 4.78 is 31.4. The van der Waals surface area contributed by atoms with Crippen molar-refractivity contribution in [3.63, 3.8) is 0 Å². The number of nitrogens with one attached hydrogen (secondary N) is 2. The molecule has 6 nitrogen and oxygen atoms in total. The maximum Gasteiger partial charge on any atom is 0.258 e. The number of carbonyl (C=O) groups excluding carboxylic acids is 1. The molecule has 0 aromatic heterocycles. The van der Waals surface area contributed by atoms with E-state index in [4.69, 9.17) is 4.74 Å². The second-order valence-electron chi connectivity index (χ2n) is 5.53. The second kappa shape index (κ2) is 8.35. The first-order chi connectivity index (χ1) is 11.7. The third-order valence-electron chi connectivity index (χ3n) is 3.25. The number of sulfonamides is 1. The monoisotopic (exact) mass is 426 g/mol. The highest BCUT2D eigenvalue weighted by Crippen LogP contribution is 2.19. The van der Waals surface area contributed by atoms with Crippen LogP contribution >= 0.6 is 15.9 Å². The molecule has 0 unspecified atom stereocenters. The van der Waals surface area contributed by atoms with E-state index in [1.165, 1.54) is 0 Å². The molecule has 0 aliphatic rings. The van der Waals surface area contributed by atoms with Gasteiger partial charge in [-0.05, 0) is 48.9 Å². The number of hydrogen-bond acceptors (Lipinski definition) is 4. The number of hydrogen-bond donors (Lipinski definition) is 2. The zero-order chi connectivity index (χ0) is 18.4. The smallest absolute Gasteiger partial charge is 0.258 e. The molecule has 0 saturated carbocycles. The lowest BCUT2D eigenvalue weighted by atomic mass is 10.1. The van der Waals surface area contributed by atoms with E-state index in [1.54, 1.807) is 30.3 Å². The Morgan fingerprint density at radius 3 is 2.52 bits per heavy atom. The van der Waals surface area contributed by atoms with Crippen LogP contribution in [-0.4, -0.2) is 27.2 Å². The van der Waals surface area contributed by atoms with Crippen molar-refractivity contribution in [2.24, 2.45) is 0 Å². The maximum absolute atomic E-state index is 12.0. The van der Waals surface area contributed by atoms with E-state index in [-0.39, 0.29) is 18.6 Å². The molecule has 0 aliphatic heterocycles. The number of ether oxygens (including phenoxy) is 1. The topological polar surface area (TPSA) is 84.5 Å². The van der Waals surface area contributed by atoms with Crippen molar-refractivity contribution in [2.75, 3.05) is 17.6 Å². The lowest BCUT2D eigenvalue weighted by molar-refractivity contribution is -0.123. The van der Waals surface area contributed by atoms with Crippen LogP contribution in [0.15, 0.2) is 53.0 Å². The molecule has 25 heavy (non-hydrogen) atoms. The highest BCUT2D eigenvalue weighted by atomic mass is 79.9. The number of halogens is 1. The predicted molar refractivity (Wildman–Crippen MR) is 101 cm³/mol. The molecule has 134 valence electrons. The Bertz CT molecular complexity index is 838. The SMILES string of the molecule is C[C@H](NC(=O)COc1ccc(Br)cc1)c1cccc(NS(C)(=O)=O)c1. The first kappa shape index (κ1) is 19.3. The molecule has 1 amide bonds. The summed E-state index contributed by atoms with van der Waals surface area (Å²) in [7, 11) is -3.35. The van der Waals surface area contributed by atoms with E-state index in [1.807, 2.05) is 25.1 Å². The first-order valence-electron chi connectivity index (χ1n) is 7.48. The molecule has 0 fully saturated rings. The van der Waals surface area contributed by atoms with Crippen LogP contribution in [0.25, 0.3) is 0 Å². The van der Waals surface area contributed by atoms with Crippen LogP contribution in [0.1, 0.15) is 18.5 Å². The summed E-state index contributed by atoms with van der Waals surface area (Å²) in [6.45, 7) is 1.71. The van der Waals surface area contributed by atoms with Crippen molar-refractivity contribution in [1.82, 2.24) is 5.32 Å². The summed E-state index contributed by atoms with van der Waals surface area (Å²) in [5.41, 5.74) is 1.23. The average molecular weight is 427 g/mol. The molecule has 2 N–H and O–H groups in total. The minimum Gasteiger partial charge on any atom is -0.484 e. The molecule has 1 atom stereocenters. The molecule has 0 bridgehead atoms. The number of benzene rings is 2. The molecule has 0 aliphatic carbocycles. The van der Waals surface area contributed by atoms with Gasteiger partial charge in [-0.1, -0.05) is 28.1 Å². The Kier molecular flexibility index (Phi) is 6.44. The molecule has 0 radical (unpaired) electrons. The van der Waals surface area contributed by atoms with Gasteiger partial charge in [0.1, 0.15) is 5.75 Å². The Morgan fingerprint density at radius 2 is 1.88 bits per heavy atom. The van der Waals surface area contributed by atoms with Crippen LogP contribution in [-0.2, 0) is 14.8 Å². The summed E-state index contributed by atoms with van der Waals surface area (Å²) >= 11 is 3.33. The van der Waals surface area contributed by atoms with Crippen molar-refractivity contribution in [1.29, 1.82) is 0 Å². The van der Waals surface area contributed by atoms with E-state index < -0.39 is 10.0 Å². The molecule has 2 rings (SSSR count). The lowest BCUT2D eigenvalue weighted by Gasteiger charge is -2.16. The van der Waals surface area contributed by atoms with Crippen LogP contribution in [0.3, 0.4) is 0 Å². The van der Waals surface area contributed by atoms with Crippen molar-refractivity contribution in [2.45, 2.75) is 13.0 Å². The van der Waals surface area contributed by atoms with E-state index in [9.17, 15) is 13.2 Å². The number of carbonyl (C=O) groups is 1. The molecule has 2 aromatic carbocycles. The summed E-state index contributed by atoms with van der Waals surface area (Å²) in [5.74, 6) is 0.335. The Balaban J connectivity index is 1.92. The van der Waals surface area contributed by atoms with Crippen LogP contribution in [0.4, 0.5) is 5.69 Å². The van der Waals surface area contributed by atoms with E-state index in [0.29, 0.717) is 11.4 Å². The third kappa shape index (κ3) is 6.75. The number of rotatable bonds is 7. The van der Waals surface area contributed by atoms with Gasteiger partial charge in [0.25, 0.3) is 5.91 Å². The predicted octanol–water partition coefficient (Wildman–Crippen LogP) is 3.08. The molecule has 0 saturated heterocycles. The molecule has 0 heterocycles. The average Bonchev–Trinajstić information content (AvgIpc) is 2.53. The van der Waals surface area contributed by atoms with Crippen molar-refractivity contribution < 1.29 is 17.9 Å². The van der Waals surface area contributed by atoms with Crippen molar-refractivity contribution in [3.05, 3.63) is 58.6 Å². The van der Waals surface area contributed by atoms with Crippen molar-refractivity contribution in [3.8, 4) is 5.75 Å². The van der Waals surface area contributed by atoms with Gasteiger partial charge >= 0.3 is 0 Å². The van der Waals surface area contributed by atoms with Gasteiger partial charge in [0.05, 0.1) is 12.3 Å². The first-order valence-corrected chi connectivity index (χ1v) is 10.2. The van der Waals surface area contributed by atoms with Gasteiger partial charge in [-0.3, -0.25) is 9.52 Å². The van der Waals surface area contributed by atoms with Crippen LogP contribution in [0, 0.1) is 0 Å². The summed E-state index contributed by atoms with van der Waals surface area (Å²) in [6.07, 6.45) is 1.09.